The van der Waals surface area contributed by atoms with Gasteiger partial charge >= 0.3 is 5.97 Å². The number of rotatable bonds is 8. The zero-order chi connectivity index (χ0) is 41.4. The fourth-order valence-corrected chi connectivity index (χ4v) is 9.19. The lowest BCUT2D eigenvalue weighted by Crippen LogP contribution is -2.65. The first kappa shape index (κ1) is 47.3. The normalized spacial score (nSPS) is 49.4. The molecule has 0 unspecified atom stereocenters. The average molecular weight is 799 g/mol. The molecule has 318 valence electrons. The molecule has 3 saturated heterocycles. The SMILES string of the molecule is CC[C@H]1OC(=O)[C@H](C)[C@@H](O[C@H]2C[C@@](C)(OC)[C@@](C)(O)[C@H](C)O2)[C@H](C)[C@@H](O[C@@H]2O[C@H](C)C[C@H](NS(C)(=O)=O)[C@H]2O)[C@](C)(O)C[C@@H](C)CN[C@H](C)[C@@H](O)[C@]1(C)O. The Kier molecular flexibility index (Phi) is 15.6. The van der Waals surface area contributed by atoms with E-state index < -0.39 is 118 Å². The Bertz CT molecular complexity index is 1350. The number of aliphatic hydroxyl groups is 5. The molecule has 16 nitrogen and oxygen atoms in total. The van der Waals surface area contributed by atoms with Gasteiger partial charge < -0.3 is 59.3 Å². The third kappa shape index (κ3) is 10.7. The highest BCUT2D eigenvalue weighted by atomic mass is 32.2. The molecule has 3 heterocycles. The Morgan fingerprint density at radius 1 is 0.963 bits per heavy atom. The lowest BCUT2D eigenvalue weighted by Gasteiger charge is -2.52. The molecule has 3 aliphatic heterocycles. The Balaban J connectivity index is 2.17. The Labute approximate surface area is 322 Å². The Morgan fingerprint density at radius 3 is 2.13 bits per heavy atom. The van der Waals surface area contributed by atoms with Crippen LogP contribution in [0.3, 0.4) is 0 Å². The van der Waals surface area contributed by atoms with Gasteiger partial charge in [-0.15, -0.1) is 0 Å². The molecule has 0 radical (unpaired) electrons. The second-order valence-corrected chi connectivity index (χ2v) is 19.0. The number of esters is 1. The van der Waals surface area contributed by atoms with Gasteiger partial charge in [-0.1, -0.05) is 20.8 Å². The van der Waals surface area contributed by atoms with Crippen LogP contribution in [0.25, 0.3) is 0 Å². The molecule has 0 aromatic carbocycles. The van der Waals surface area contributed by atoms with Crippen molar-refractivity contribution in [2.45, 2.75) is 192 Å². The minimum atomic E-state index is -3.73. The highest BCUT2D eigenvalue weighted by Gasteiger charge is 2.56. The summed E-state index contributed by atoms with van der Waals surface area (Å²) in [4.78, 5) is 14.2. The summed E-state index contributed by atoms with van der Waals surface area (Å²) in [6.07, 6.45) is -8.57. The molecule has 0 aromatic rings. The van der Waals surface area contributed by atoms with Crippen molar-refractivity contribution >= 4 is 16.0 Å². The molecule has 3 aliphatic rings. The van der Waals surface area contributed by atoms with Crippen LogP contribution in [0.15, 0.2) is 0 Å². The molecule has 3 rings (SSSR count). The van der Waals surface area contributed by atoms with Gasteiger partial charge in [-0.25, -0.2) is 13.1 Å². The third-order valence-corrected chi connectivity index (χ3v) is 12.9. The summed E-state index contributed by atoms with van der Waals surface area (Å²) in [5, 5.41) is 61.3. The number of carbonyl (C=O) groups is 1. The van der Waals surface area contributed by atoms with Gasteiger partial charge in [0, 0.05) is 25.5 Å². The number of ether oxygens (including phenoxy) is 6. The molecule has 0 aromatic heterocycles. The number of hydrogen-bond donors (Lipinski definition) is 7. The van der Waals surface area contributed by atoms with Gasteiger partial charge in [-0.2, -0.15) is 0 Å². The molecule has 54 heavy (non-hydrogen) atoms. The zero-order valence-corrected chi connectivity index (χ0v) is 35.3. The van der Waals surface area contributed by atoms with Gasteiger partial charge in [-0.05, 0) is 87.1 Å². The van der Waals surface area contributed by atoms with Gasteiger partial charge in [-0.3, -0.25) is 4.79 Å². The number of carbonyl (C=O) groups excluding carboxylic acids is 1. The highest BCUT2D eigenvalue weighted by Crippen LogP contribution is 2.43. The van der Waals surface area contributed by atoms with Gasteiger partial charge in [0.15, 0.2) is 12.6 Å². The molecule has 0 saturated carbocycles. The van der Waals surface area contributed by atoms with Crippen molar-refractivity contribution in [2.24, 2.45) is 17.8 Å². The molecule has 18 atom stereocenters. The average Bonchev–Trinajstić information content (AvgIpc) is 3.05. The lowest BCUT2D eigenvalue weighted by atomic mass is 9.76. The summed E-state index contributed by atoms with van der Waals surface area (Å²) in [6, 6.07) is -1.60. The van der Waals surface area contributed by atoms with Crippen molar-refractivity contribution < 1.29 is 67.2 Å². The molecule has 3 fully saturated rings. The maximum absolute atomic E-state index is 14.2. The number of sulfonamides is 1. The van der Waals surface area contributed by atoms with Crippen LogP contribution in [0.1, 0.15) is 102 Å². The molecule has 0 bridgehead atoms. The van der Waals surface area contributed by atoms with E-state index in [-0.39, 0.29) is 31.6 Å². The summed E-state index contributed by atoms with van der Waals surface area (Å²) in [5.41, 5.74) is -6.10. The van der Waals surface area contributed by atoms with Crippen molar-refractivity contribution in [3.05, 3.63) is 0 Å². The van der Waals surface area contributed by atoms with E-state index in [1.54, 1.807) is 62.3 Å². The van der Waals surface area contributed by atoms with Gasteiger partial charge in [0.25, 0.3) is 0 Å². The van der Waals surface area contributed by atoms with Gasteiger partial charge in [0.1, 0.15) is 35.1 Å². The van der Waals surface area contributed by atoms with Crippen LogP contribution in [0.4, 0.5) is 0 Å². The fraction of sp³-hybridized carbons (Fsp3) is 0.973. The van der Waals surface area contributed by atoms with E-state index in [9.17, 15) is 38.7 Å². The van der Waals surface area contributed by atoms with Crippen LogP contribution in [0.5, 0.6) is 0 Å². The third-order valence-electron chi connectivity index (χ3n) is 12.2. The molecule has 0 spiro atoms. The van der Waals surface area contributed by atoms with Crippen LogP contribution in [0, 0.1) is 17.8 Å². The summed E-state index contributed by atoms with van der Waals surface area (Å²) in [7, 11) is -2.25. The first-order valence-electron chi connectivity index (χ1n) is 19.2. The first-order chi connectivity index (χ1) is 24.6. The second-order valence-electron chi connectivity index (χ2n) is 17.2. The van der Waals surface area contributed by atoms with Crippen LogP contribution in [-0.2, 0) is 43.2 Å². The van der Waals surface area contributed by atoms with Gasteiger partial charge in [0.05, 0.1) is 48.2 Å². The van der Waals surface area contributed by atoms with E-state index in [0.717, 1.165) is 6.26 Å². The first-order valence-corrected chi connectivity index (χ1v) is 21.1. The summed E-state index contributed by atoms with van der Waals surface area (Å²) < 4.78 is 64.1. The minimum absolute atomic E-state index is 0.0492. The van der Waals surface area contributed by atoms with E-state index in [2.05, 4.69) is 10.0 Å². The number of cyclic esters (lactones) is 1. The number of nitrogens with one attached hydrogen (secondary N) is 2. The van der Waals surface area contributed by atoms with Crippen molar-refractivity contribution in [3.8, 4) is 0 Å². The summed E-state index contributed by atoms with van der Waals surface area (Å²) in [6.45, 7) is 18.7. The molecular formula is C37H70N2O14S. The van der Waals surface area contributed by atoms with Crippen LogP contribution < -0.4 is 10.0 Å². The Hall–Kier alpha value is -1.06. The summed E-state index contributed by atoms with van der Waals surface area (Å²) in [5.74, 6) is -3.00. The monoisotopic (exact) mass is 798 g/mol. The van der Waals surface area contributed by atoms with E-state index in [1.165, 1.54) is 14.0 Å². The fourth-order valence-electron chi connectivity index (χ4n) is 8.40. The topological polar surface area (TPSA) is 232 Å². The zero-order valence-electron chi connectivity index (χ0n) is 34.4. The minimum Gasteiger partial charge on any atom is -0.459 e. The maximum Gasteiger partial charge on any atom is 0.311 e. The predicted octanol–water partition coefficient (Wildman–Crippen LogP) is 0.936. The van der Waals surface area contributed by atoms with Gasteiger partial charge in [0.2, 0.25) is 10.0 Å². The number of methoxy groups -OCH3 is 1. The quantitative estimate of drug-likeness (QED) is 0.170. The van der Waals surface area contributed by atoms with E-state index in [0.29, 0.717) is 6.54 Å². The highest BCUT2D eigenvalue weighted by molar-refractivity contribution is 7.88. The van der Waals surface area contributed by atoms with Crippen LogP contribution in [0.2, 0.25) is 0 Å². The molecular weight excluding hydrogens is 728 g/mol. The number of hydrogen-bond acceptors (Lipinski definition) is 15. The van der Waals surface area contributed by atoms with Crippen molar-refractivity contribution in [1.29, 1.82) is 0 Å². The molecule has 17 heteroatoms. The lowest BCUT2D eigenvalue weighted by molar-refractivity contribution is -0.333. The maximum atomic E-state index is 14.2. The smallest absolute Gasteiger partial charge is 0.311 e. The van der Waals surface area contributed by atoms with E-state index in [1.807, 2.05) is 6.92 Å². The van der Waals surface area contributed by atoms with Crippen LogP contribution in [-0.4, -0.2) is 150 Å². The van der Waals surface area contributed by atoms with E-state index >= 15 is 0 Å². The predicted molar refractivity (Wildman–Crippen MR) is 198 cm³/mol. The molecule has 0 aliphatic carbocycles. The molecule has 0 amide bonds. The van der Waals surface area contributed by atoms with Crippen molar-refractivity contribution in [2.75, 3.05) is 19.9 Å². The van der Waals surface area contributed by atoms with E-state index in [4.69, 9.17) is 28.4 Å². The standard InChI is InChI=1S/C37H70N2O14S/c1-14-26-36(10,44)30(41)23(6)38-18-19(2)16-34(8,43)31(53-33-28(40)25(15-20(3)49-33)39-54(13,46)47)21(4)29(22(5)32(42)51-26)52-27-17-35(9,48-12)37(11,45)24(7)50-27/h19-31,33,38-41,43-45H,14-18H2,1-13H3/t19-,20-,21+,22-,23-,24+,25+,26-,27+,28-,29+,30-,31-,33+,34-,35-,36-,37+/m1/s1. The summed E-state index contributed by atoms with van der Waals surface area (Å²) >= 11 is 0. The number of aliphatic hydroxyl groups excluding tert-OH is 2. The second kappa shape index (κ2) is 17.8. The largest absolute Gasteiger partial charge is 0.459 e. The Morgan fingerprint density at radius 2 is 1.57 bits per heavy atom. The molecule has 7 N–H and O–H groups in total. The van der Waals surface area contributed by atoms with Crippen molar-refractivity contribution in [3.63, 3.8) is 0 Å². The van der Waals surface area contributed by atoms with Crippen LogP contribution >= 0.6 is 0 Å². The van der Waals surface area contributed by atoms with Crippen molar-refractivity contribution in [1.82, 2.24) is 10.0 Å².